The highest BCUT2D eigenvalue weighted by Crippen LogP contribution is 2.25. The van der Waals surface area contributed by atoms with Crippen molar-refractivity contribution >= 4 is 34.8 Å². The average Bonchev–Trinajstić information content (AvgIpc) is 2.98. The van der Waals surface area contributed by atoms with E-state index < -0.39 is 6.04 Å². The minimum atomic E-state index is -0.641. The number of ether oxygens (including phenoxy) is 2. The van der Waals surface area contributed by atoms with Crippen LogP contribution in [-0.2, 0) is 16.1 Å². The van der Waals surface area contributed by atoms with Crippen LogP contribution in [0.4, 0.5) is 5.69 Å². The molecule has 0 radical (unpaired) electrons. The summed E-state index contributed by atoms with van der Waals surface area (Å²) in [6, 6.07) is 14.0. The van der Waals surface area contributed by atoms with E-state index in [4.69, 9.17) is 21.7 Å². The Hall–Kier alpha value is -3.13. The van der Waals surface area contributed by atoms with Gasteiger partial charge in [-0.05, 0) is 61.1 Å². The lowest BCUT2D eigenvalue weighted by atomic mass is 10.1. The summed E-state index contributed by atoms with van der Waals surface area (Å²) in [5.41, 5.74) is 1.62. The molecule has 1 aliphatic rings. The molecule has 1 atom stereocenters. The fourth-order valence-electron chi connectivity index (χ4n) is 3.35. The van der Waals surface area contributed by atoms with Crippen LogP contribution >= 0.6 is 12.2 Å². The van der Waals surface area contributed by atoms with Gasteiger partial charge in [-0.15, -0.1) is 0 Å². The highest BCUT2D eigenvalue weighted by Gasteiger charge is 2.42. The molecule has 8 heteroatoms. The number of hydrogen-bond donors (Lipinski definition) is 1. The first-order valence-electron chi connectivity index (χ1n) is 9.65. The van der Waals surface area contributed by atoms with Crippen molar-refractivity contribution in [2.75, 3.05) is 26.1 Å². The highest BCUT2D eigenvalue weighted by atomic mass is 32.1. The Morgan fingerprint density at radius 3 is 2.13 bits per heavy atom. The van der Waals surface area contributed by atoms with Crippen molar-refractivity contribution in [2.24, 2.45) is 0 Å². The number of thiocarbonyl (C=S) groups is 1. The molecule has 158 valence electrons. The number of benzene rings is 2. The van der Waals surface area contributed by atoms with Crippen molar-refractivity contribution in [3.8, 4) is 11.5 Å². The fourth-order valence-corrected chi connectivity index (χ4v) is 3.76. The van der Waals surface area contributed by atoms with E-state index in [1.807, 2.05) is 36.1 Å². The molecule has 1 aliphatic heterocycles. The second kappa shape index (κ2) is 9.58. The van der Waals surface area contributed by atoms with Crippen LogP contribution in [0.3, 0.4) is 0 Å². The van der Waals surface area contributed by atoms with Crippen LogP contribution in [0.2, 0.25) is 0 Å². The Morgan fingerprint density at radius 1 is 1.03 bits per heavy atom. The third-order valence-electron chi connectivity index (χ3n) is 4.98. The average molecular weight is 428 g/mol. The number of rotatable bonds is 8. The predicted octanol–water partition coefficient (Wildman–Crippen LogP) is 3.05. The van der Waals surface area contributed by atoms with Crippen LogP contribution in [0, 0.1) is 0 Å². The molecule has 0 bridgehead atoms. The smallest absolute Gasteiger partial charge is 0.252 e. The molecule has 0 unspecified atom stereocenters. The number of nitrogens with one attached hydrogen (secondary N) is 1. The number of carbonyl (C=O) groups excluding carboxylic acids is 2. The lowest BCUT2D eigenvalue weighted by molar-refractivity contribution is -0.130. The van der Waals surface area contributed by atoms with Crippen LogP contribution in [-0.4, -0.2) is 53.5 Å². The van der Waals surface area contributed by atoms with Crippen molar-refractivity contribution in [2.45, 2.75) is 25.9 Å². The molecule has 3 rings (SSSR count). The van der Waals surface area contributed by atoms with Gasteiger partial charge in [-0.1, -0.05) is 12.1 Å². The van der Waals surface area contributed by atoms with Crippen LogP contribution in [0.1, 0.15) is 18.9 Å². The van der Waals surface area contributed by atoms with Gasteiger partial charge in [-0.25, -0.2) is 0 Å². The van der Waals surface area contributed by atoms with E-state index in [0.717, 1.165) is 11.3 Å². The predicted molar refractivity (Wildman–Crippen MR) is 119 cm³/mol. The maximum absolute atomic E-state index is 12.9. The molecule has 0 spiro atoms. The first-order chi connectivity index (χ1) is 14.5. The van der Waals surface area contributed by atoms with Crippen LogP contribution < -0.4 is 14.8 Å². The third-order valence-corrected chi connectivity index (χ3v) is 5.44. The lowest BCUT2D eigenvalue weighted by Crippen LogP contribution is -2.37. The van der Waals surface area contributed by atoms with E-state index in [1.165, 1.54) is 0 Å². The molecule has 0 aromatic heterocycles. The Morgan fingerprint density at radius 2 is 1.60 bits per heavy atom. The molecule has 7 nitrogen and oxygen atoms in total. The minimum absolute atomic E-state index is 0.0116. The second-order valence-electron chi connectivity index (χ2n) is 6.84. The van der Waals surface area contributed by atoms with Crippen molar-refractivity contribution in [3.63, 3.8) is 0 Å². The lowest BCUT2D eigenvalue weighted by Gasteiger charge is -2.24. The van der Waals surface area contributed by atoms with Crippen LogP contribution in [0.15, 0.2) is 48.5 Å². The number of hydrogen-bond acceptors (Lipinski definition) is 5. The molecule has 30 heavy (non-hydrogen) atoms. The topological polar surface area (TPSA) is 71.1 Å². The van der Waals surface area contributed by atoms with Gasteiger partial charge in [0.1, 0.15) is 17.5 Å². The number of carbonyl (C=O) groups is 2. The zero-order valence-corrected chi connectivity index (χ0v) is 18.1. The number of amides is 2. The minimum Gasteiger partial charge on any atom is -0.497 e. The van der Waals surface area contributed by atoms with Crippen LogP contribution in [0.5, 0.6) is 11.5 Å². The molecule has 1 heterocycles. The summed E-state index contributed by atoms with van der Waals surface area (Å²) < 4.78 is 10.3. The number of nitrogens with zero attached hydrogens (tertiary/aromatic N) is 2. The van der Waals surface area contributed by atoms with Crippen molar-refractivity contribution in [3.05, 3.63) is 54.1 Å². The Labute approximate surface area is 181 Å². The number of likely N-dealkylation sites (N-methyl/N-ethyl adjacent to an activating group) is 1. The molecule has 1 N–H and O–H groups in total. The van der Waals surface area contributed by atoms with Crippen molar-refractivity contribution in [1.82, 2.24) is 9.80 Å². The summed E-state index contributed by atoms with van der Waals surface area (Å²) >= 11 is 5.53. The summed E-state index contributed by atoms with van der Waals surface area (Å²) in [6.07, 6.45) is 0.0116. The molecule has 1 fully saturated rings. The summed E-state index contributed by atoms with van der Waals surface area (Å²) in [4.78, 5) is 28.9. The Kier molecular flexibility index (Phi) is 6.89. The van der Waals surface area contributed by atoms with E-state index >= 15 is 0 Å². The van der Waals surface area contributed by atoms with Gasteiger partial charge in [0.15, 0.2) is 5.11 Å². The Balaban J connectivity index is 1.73. The van der Waals surface area contributed by atoms with E-state index in [9.17, 15) is 9.59 Å². The van der Waals surface area contributed by atoms with E-state index in [0.29, 0.717) is 29.6 Å². The third kappa shape index (κ3) is 4.71. The summed E-state index contributed by atoms with van der Waals surface area (Å²) in [5.74, 6) is 1.05. The van der Waals surface area contributed by atoms with Crippen molar-refractivity contribution < 1.29 is 19.1 Å². The zero-order valence-electron chi connectivity index (χ0n) is 17.3. The highest BCUT2D eigenvalue weighted by molar-refractivity contribution is 7.80. The molecule has 0 saturated carbocycles. The fraction of sp³-hybridized carbons (Fsp3) is 0.318. The maximum atomic E-state index is 12.9. The second-order valence-corrected chi connectivity index (χ2v) is 7.20. The summed E-state index contributed by atoms with van der Waals surface area (Å²) in [6.45, 7) is 2.77. The first-order valence-corrected chi connectivity index (χ1v) is 10.1. The SMILES string of the molecule is CCN1C(=O)[C@H](CC(=O)Nc2ccc(OC)cc2)N(Cc2ccc(OC)cc2)C1=S. The quantitative estimate of drug-likeness (QED) is 0.653. The molecule has 2 aromatic rings. The van der Waals surface area contributed by atoms with Crippen molar-refractivity contribution in [1.29, 1.82) is 0 Å². The van der Waals surface area contributed by atoms with Gasteiger partial charge in [0, 0.05) is 18.8 Å². The zero-order chi connectivity index (χ0) is 21.7. The van der Waals surface area contributed by atoms with Gasteiger partial charge in [0.2, 0.25) is 5.91 Å². The Bertz CT molecular complexity index is 915. The van der Waals surface area contributed by atoms with Gasteiger partial charge in [0.05, 0.1) is 20.6 Å². The molecule has 2 aromatic carbocycles. The van der Waals surface area contributed by atoms with Gasteiger partial charge in [-0.3, -0.25) is 14.5 Å². The molecule has 1 saturated heterocycles. The monoisotopic (exact) mass is 427 g/mol. The summed E-state index contributed by atoms with van der Waals surface area (Å²) in [5, 5.41) is 3.28. The molecule has 0 aliphatic carbocycles. The van der Waals surface area contributed by atoms with Gasteiger partial charge < -0.3 is 19.7 Å². The molecular weight excluding hydrogens is 402 g/mol. The summed E-state index contributed by atoms with van der Waals surface area (Å²) in [7, 11) is 3.19. The van der Waals surface area contributed by atoms with E-state index in [2.05, 4.69) is 5.32 Å². The number of anilines is 1. The van der Waals surface area contributed by atoms with Crippen LogP contribution in [0.25, 0.3) is 0 Å². The maximum Gasteiger partial charge on any atom is 0.252 e. The largest absolute Gasteiger partial charge is 0.497 e. The van der Waals surface area contributed by atoms with Gasteiger partial charge >= 0.3 is 0 Å². The van der Waals surface area contributed by atoms with E-state index in [-0.39, 0.29) is 18.2 Å². The standard InChI is InChI=1S/C22H25N3O4S/c1-4-24-21(27)19(13-20(26)23-16-7-11-18(29-3)12-8-16)25(22(24)30)14-15-5-9-17(28-2)10-6-15/h5-12,19H,4,13-14H2,1-3H3,(H,23,26)/t19-/m0/s1. The van der Waals surface area contributed by atoms with Gasteiger partial charge in [0.25, 0.3) is 5.91 Å². The van der Waals surface area contributed by atoms with Gasteiger partial charge in [-0.2, -0.15) is 0 Å². The molecule has 2 amide bonds. The molecular formula is C22H25N3O4S. The van der Waals surface area contributed by atoms with E-state index in [1.54, 1.807) is 43.4 Å². The number of methoxy groups -OCH3 is 2. The first kappa shape index (κ1) is 21.6. The normalized spacial score (nSPS) is 16.0.